The molecule has 0 heterocycles. The smallest absolute Gasteiger partial charge is 0.239 e. The first-order valence-corrected chi connectivity index (χ1v) is 5.68. The fraction of sp³-hybridized carbons (Fsp3) is 0.462. The predicted molar refractivity (Wildman–Crippen MR) is 70.9 cm³/mol. The van der Waals surface area contributed by atoms with Gasteiger partial charge in [0.1, 0.15) is 0 Å². The van der Waals surface area contributed by atoms with Crippen molar-refractivity contribution in [1.82, 2.24) is 4.90 Å². The average Bonchev–Trinajstić information content (AvgIpc) is 2.28. The highest BCUT2D eigenvalue weighted by Gasteiger charge is 2.13. The van der Waals surface area contributed by atoms with Crippen LogP contribution in [0.5, 0.6) is 0 Å². The van der Waals surface area contributed by atoms with Gasteiger partial charge in [-0.25, -0.2) is 0 Å². The predicted octanol–water partition coefficient (Wildman–Crippen LogP) is 1.06. The second kappa shape index (κ2) is 5.68. The zero-order valence-electron chi connectivity index (χ0n) is 11.0. The van der Waals surface area contributed by atoms with Gasteiger partial charge in [0.15, 0.2) is 0 Å². The van der Waals surface area contributed by atoms with Crippen LogP contribution in [0, 0.1) is 0 Å². The molecule has 0 bridgehead atoms. The molecule has 17 heavy (non-hydrogen) atoms. The molecule has 1 rings (SSSR count). The van der Waals surface area contributed by atoms with E-state index in [1.807, 2.05) is 43.3 Å². The van der Waals surface area contributed by atoms with Crippen LogP contribution in [-0.4, -0.2) is 38.0 Å². The number of hydrogen-bond donors (Lipinski definition) is 1. The molecule has 2 N–H and O–H groups in total. The van der Waals surface area contributed by atoms with E-state index in [0.717, 1.165) is 11.3 Å². The molecule has 0 aliphatic rings. The lowest BCUT2D eigenvalue weighted by atomic mass is 10.2. The highest BCUT2D eigenvalue weighted by molar-refractivity contribution is 5.80. The molecule has 1 atom stereocenters. The SMILES string of the molecule is C[C@H](N)C(=O)N(C)Cc1ccc(N(C)C)cc1. The van der Waals surface area contributed by atoms with E-state index in [9.17, 15) is 4.79 Å². The maximum Gasteiger partial charge on any atom is 0.239 e. The Balaban J connectivity index is 2.66. The molecule has 0 spiro atoms. The second-order valence-corrected chi connectivity index (χ2v) is 4.54. The normalized spacial score (nSPS) is 12.1. The Hall–Kier alpha value is -1.55. The van der Waals surface area contributed by atoms with Crippen LogP contribution in [0.25, 0.3) is 0 Å². The molecule has 0 unspecified atom stereocenters. The quantitative estimate of drug-likeness (QED) is 0.849. The fourth-order valence-electron chi connectivity index (χ4n) is 1.60. The van der Waals surface area contributed by atoms with Gasteiger partial charge in [-0.15, -0.1) is 0 Å². The van der Waals surface area contributed by atoms with Crippen molar-refractivity contribution in [3.8, 4) is 0 Å². The zero-order valence-corrected chi connectivity index (χ0v) is 11.0. The number of amides is 1. The van der Waals surface area contributed by atoms with Gasteiger partial charge in [0, 0.05) is 33.4 Å². The Morgan fingerprint density at radius 3 is 2.18 bits per heavy atom. The van der Waals surface area contributed by atoms with Crippen molar-refractivity contribution in [2.75, 3.05) is 26.0 Å². The monoisotopic (exact) mass is 235 g/mol. The third-order valence-electron chi connectivity index (χ3n) is 2.64. The number of carbonyl (C=O) groups is 1. The first-order chi connectivity index (χ1) is 7.91. The first-order valence-electron chi connectivity index (χ1n) is 5.68. The Labute approximate surface area is 103 Å². The Kier molecular flexibility index (Phi) is 4.52. The van der Waals surface area contributed by atoms with E-state index in [1.54, 1.807) is 18.9 Å². The highest BCUT2D eigenvalue weighted by atomic mass is 16.2. The van der Waals surface area contributed by atoms with Gasteiger partial charge in [0.05, 0.1) is 6.04 Å². The molecule has 0 aromatic heterocycles. The maximum atomic E-state index is 11.6. The van der Waals surface area contributed by atoms with E-state index in [2.05, 4.69) is 0 Å². The minimum absolute atomic E-state index is 0.0401. The lowest BCUT2D eigenvalue weighted by molar-refractivity contribution is -0.131. The van der Waals surface area contributed by atoms with Crippen molar-refractivity contribution in [2.24, 2.45) is 5.73 Å². The highest BCUT2D eigenvalue weighted by Crippen LogP contribution is 2.13. The molecule has 1 aromatic carbocycles. The van der Waals surface area contributed by atoms with Gasteiger partial charge in [0.2, 0.25) is 5.91 Å². The lowest BCUT2D eigenvalue weighted by Crippen LogP contribution is -2.39. The van der Waals surface area contributed by atoms with Gasteiger partial charge in [-0.2, -0.15) is 0 Å². The summed E-state index contributed by atoms with van der Waals surface area (Å²) in [4.78, 5) is 15.3. The van der Waals surface area contributed by atoms with Crippen molar-refractivity contribution in [3.05, 3.63) is 29.8 Å². The standard InChI is InChI=1S/C13H21N3O/c1-10(14)13(17)16(4)9-11-5-7-12(8-6-11)15(2)3/h5-8,10H,9,14H2,1-4H3/t10-/m0/s1. The second-order valence-electron chi connectivity index (χ2n) is 4.54. The van der Waals surface area contributed by atoms with E-state index >= 15 is 0 Å². The van der Waals surface area contributed by atoms with Crippen molar-refractivity contribution in [2.45, 2.75) is 19.5 Å². The number of benzene rings is 1. The minimum Gasteiger partial charge on any atom is -0.378 e. The zero-order chi connectivity index (χ0) is 13.0. The molecule has 1 aromatic rings. The number of carbonyl (C=O) groups excluding carboxylic acids is 1. The Morgan fingerprint density at radius 2 is 1.76 bits per heavy atom. The van der Waals surface area contributed by atoms with E-state index in [-0.39, 0.29) is 5.91 Å². The molecule has 0 aliphatic carbocycles. The van der Waals surface area contributed by atoms with Crippen molar-refractivity contribution < 1.29 is 4.79 Å². The number of hydrogen-bond acceptors (Lipinski definition) is 3. The largest absolute Gasteiger partial charge is 0.378 e. The molecule has 4 nitrogen and oxygen atoms in total. The summed E-state index contributed by atoms with van der Waals surface area (Å²) in [6.45, 7) is 2.29. The Morgan fingerprint density at radius 1 is 1.24 bits per heavy atom. The average molecular weight is 235 g/mol. The van der Waals surface area contributed by atoms with E-state index in [4.69, 9.17) is 5.73 Å². The van der Waals surface area contributed by atoms with Gasteiger partial charge >= 0.3 is 0 Å². The van der Waals surface area contributed by atoms with Crippen molar-refractivity contribution >= 4 is 11.6 Å². The number of nitrogens with two attached hydrogens (primary N) is 1. The fourth-order valence-corrected chi connectivity index (χ4v) is 1.60. The number of rotatable bonds is 4. The van der Waals surface area contributed by atoms with Crippen molar-refractivity contribution in [1.29, 1.82) is 0 Å². The summed E-state index contributed by atoms with van der Waals surface area (Å²) in [6, 6.07) is 7.70. The molecule has 0 aliphatic heterocycles. The maximum absolute atomic E-state index is 11.6. The first kappa shape index (κ1) is 13.5. The van der Waals surface area contributed by atoms with Gasteiger partial charge in [-0.05, 0) is 24.6 Å². The summed E-state index contributed by atoms with van der Waals surface area (Å²) in [5.41, 5.74) is 7.81. The summed E-state index contributed by atoms with van der Waals surface area (Å²) >= 11 is 0. The summed E-state index contributed by atoms with van der Waals surface area (Å²) in [6.07, 6.45) is 0. The van der Waals surface area contributed by atoms with E-state index in [1.165, 1.54) is 0 Å². The molecule has 0 fully saturated rings. The van der Waals surface area contributed by atoms with Crippen molar-refractivity contribution in [3.63, 3.8) is 0 Å². The van der Waals surface area contributed by atoms with Crippen LogP contribution in [0.15, 0.2) is 24.3 Å². The summed E-state index contributed by atoms with van der Waals surface area (Å²) in [7, 11) is 5.77. The number of anilines is 1. The van der Waals surface area contributed by atoms with E-state index in [0.29, 0.717) is 6.54 Å². The van der Waals surface area contributed by atoms with Crippen LogP contribution in [0.2, 0.25) is 0 Å². The number of likely N-dealkylation sites (N-methyl/N-ethyl adjacent to an activating group) is 1. The third-order valence-corrected chi connectivity index (χ3v) is 2.64. The minimum atomic E-state index is -0.443. The van der Waals surface area contributed by atoms with Gasteiger partial charge in [0.25, 0.3) is 0 Å². The topological polar surface area (TPSA) is 49.6 Å². The van der Waals surface area contributed by atoms with Gasteiger partial charge in [-0.3, -0.25) is 4.79 Å². The lowest BCUT2D eigenvalue weighted by Gasteiger charge is -2.20. The molecule has 0 radical (unpaired) electrons. The molecule has 94 valence electrons. The van der Waals surface area contributed by atoms with Crippen LogP contribution in [-0.2, 0) is 11.3 Å². The molecule has 1 amide bonds. The van der Waals surface area contributed by atoms with E-state index < -0.39 is 6.04 Å². The van der Waals surface area contributed by atoms with Gasteiger partial charge < -0.3 is 15.5 Å². The number of nitrogens with zero attached hydrogens (tertiary/aromatic N) is 2. The summed E-state index contributed by atoms with van der Waals surface area (Å²) in [5.74, 6) is -0.0401. The van der Waals surface area contributed by atoms with Crippen LogP contribution in [0.4, 0.5) is 5.69 Å². The van der Waals surface area contributed by atoms with Crippen LogP contribution < -0.4 is 10.6 Å². The Bertz CT molecular complexity index is 371. The summed E-state index contributed by atoms with van der Waals surface area (Å²) < 4.78 is 0. The molecular weight excluding hydrogens is 214 g/mol. The van der Waals surface area contributed by atoms with Gasteiger partial charge in [-0.1, -0.05) is 12.1 Å². The van der Waals surface area contributed by atoms with Crippen LogP contribution >= 0.6 is 0 Å². The van der Waals surface area contributed by atoms with Crippen LogP contribution in [0.3, 0.4) is 0 Å². The molecule has 0 saturated heterocycles. The molecular formula is C13H21N3O. The third kappa shape index (κ3) is 3.75. The van der Waals surface area contributed by atoms with Crippen LogP contribution in [0.1, 0.15) is 12.5 Å². The summed E-state index contributed by atoms with van der Waals surface area (Å²) in [5, 5.41) is 0. The molecule has 0 saturated carbocycles. The molecule has 4 heteroatoms.